The van der Waals surface area contributed by atoms with Gasteiger partial charge in [-0.3, -0.25) is 13.9 Å². The van der Waals surface area contributed by atoms with Crippen molar-refractivity contribution in [3.8, 4) is 0 Å². The summed E-state index contributed by atoms with van der Waals surface area (Å²) in [7, 11) is 0. The number of benzene rings is 2. The fraction of sp³-hybridized carbons (Fsp3) is 0.300. The van der Waals surface area contributed by atoms with Crippen LogP contribution < -0.4 is 11.0 Å². The van der Waals surface area contributed by atoms with Crippen LogP contribution in [0.1, 0.15) is 25.3 Å². The molecule has 1 heterocycles. The van der Waals surface area contributed by atoms with Gasteiger partial charge in [-0.25, -0.2) is 4.79 Å². The fourth-order valence-electron chi connectivity index (χ4n) is 3.07. The van der Waals surface area contributed by atoms with E-state index < -0.39 is 0 Å². The van der Waals surface area contributed by atoms with Crippen LogP contribution in [0.2, 0.25) is 5.02 Å². The van der Waals surface area contributed by atoms with Crippen molar-refractivity contribution < 1.29 is 4.79 Å². The number of para-hydroxylation sites is 2. The second-order valence-corrected chi connectivity index (χ2v) is 6.60. The number of fused-ring (bicyclic) bond motifs is 1. The highest BCUT2D eigenvalue weighted by Gasteiger charge is 2.13. The molecule has 0 unspecified atom stereocenters. The van der Waals surface area contributed by atoms with E-state index in [4.69, 9.17) is 11.6 Å². The Balaban J connectivity index is 1.70. The quantitative estimate of drug-likeness (QED) is 0.690. The van der Waals surface area contributed by atoms with E-state index in [1.165, 1.54) is 0 Å². The summed E-state index contributed by atoms with van der Waals surface area (Å²) in [6.07, 6.45) is 1.12. The molecule has 0 fully saturated rings. The van der Waals surface area contributed by atoms with Crippen molar-refractivity contribution in [2.45, 2.75) is 39.4 Å². The Morgan fingerprint density at radius 1 is 1.00 bits per heavy atom. The second kappa shape index (κ2) is 8.23. The van der Waals surface area contributed by atoms with Crippen LogP contribution in [0.3, 0.4) is 0 Å². The van der Waals surface area contributed by atoms with Crippen LogP contribution in [0.4, 0.5) is 0 Å². The molecule has 0 aliphatic heterocycles. The minimum Gasteiger partial charge on any atom is -0.352 e. The molecule has 5 nitrogen and oxygen atoms in total. The van der Waals surface area contributed by atoms with Gasteiger partial charge in [-0.05, 0) is 30.2 Å². The van der Waals surface area contributed by atoms with Gasteiger partial charge in [-0.1, -0.05) is 48.9 Å². The maximum atomic E-state index is 12.7. The zero-order valence-corrected chi connectivity index (χ0v) is 15.5. The molecule has 136 valence electrons. The van der Waals surface area contributed by atoms with E-state index in [9.17, 15) is 9.59 Å². The van der Waals surface area contributed by atoms with Gasteiger partial charge in [-0.2, -0.15) is 0 Å². The van der Waals surface area contributed by atoms with E-state index in [0.29, 0.717) is 24.7 Å². The van der Waals surface area contributed by atoms with Crippen molar-refractivity contribution in [1.82, 2.24) is 14.5 Å². The summed E-state index contributed by atoms with van der Waals surface area (Å²) in [4.78, 5) is 24.9. The number of hydrogen-bond donors (Lipinski definition) is 1. The van der Waals surface area contributed by atoms with Gasteiger partial charge in [0, 0.05) is 31.1 Å². The number of amides is 1. The van der Waals surface area contributed by atoms with Crippen LogP contribution in [0, 0.1) is 0 Å². The topological polar surface area (TPSA) is 56.0 Å². The van der Waals surface area contributed by atoms with Crippen molar-refractivity contribution in [3.05, 3.63) is 69.6 Å². The van der Waals surface area contributed by atoms with Gasteiger partial charge < -0.3 is 5.32 Å². The van der Waals surface area contributed by atoms with E-state index in [0.717, 1.165) is 23.0 Å². The highest BCUT2D eigenvalue weighted by molar-refractivity contribution is 6.31. The van der Waals surface area contributed by atoms with Crippen LogP contribution in [0.15, 0.2) is 53.3 Å². The Kier molecular flexibility index (Phi) is 5.78. The molecular weight excluding hydrogens is 350 g/mol. The summed E-state index contributed by atoms with van der Waals surface area (Å²) >= 11 is 6.10. The molecule has 0 aliphatic carbocycles. The molecule has 0 saturated carbocycles. The molecule has 2 aromatic carbocycles. The molecule has 0 saturated heterocycles. The molecule has 1 N–H and O–H groups in total. The van der Waals surface area contributed by atoms with Crippen LogP contribution >= 0.6 is 11.6 Å². The number of nitrogens with zero attached hydrogens (tertiary/aromatic N) is 2. The lowest BCUT2D eigenvalue weighted by Crippen LogP contribution is -2.28. The summed E-state index contributed by atoms with van der Waals surface area (Å²) in [5.41, 5.74) is 2.59. The van der Waals surface area contributed by atoms with Gasteiger partial charge >= 0.3 is 5.69 Å². The first-order valence-electron chi connectivity index (χ1n) is 8.80. The number of carbonyl (C=O) groups excluding carboxylic acids is 1. The number of imidazole rings is 1. The number of aryl methyl sites for hydroxylation is 2. The van der Waals surface area contributed by atoms with Gasteiger partial charge in [0.05, 0.1) is 11.0 Å². The summed E-state index contributed by atoms with van der Waals surface area (Å²) in [5.74, 6) is -0.107. The average Bonchev–Trinajstić information content (AvgIpc) is 2.91. The average molecular weight is 372 g/mol. The number of rotatable bonds is 7. The molecule has 1 amide bonds. The Morgan fingerprint density at radius 2 is 1.62 bits per heavy atom. The number of aromatic nitrogens is 2. The van der Waals surface area contributed by atoms with Gasteiger partial charge in [0.1, 0.15) is 0 Å². The van der Waals surface area contributed by atoms with Crippen molar-refractivity contribution >= 4 is 28.5 Å². The smallest absolute Gasteiger partial charge is 0.329 e. The number of nitrogens with one attached hydrogen (secondary N) is 1. The minimum absolute atomic E-state index is 0.0630. The van der Waals surface area contributed by atoms with Crippen molar-refractivity contribution in [3.63, 3.8) is 0 Å². The molecule has 0 radical (unpaired) electrons. The van der Waals surface area contributed by atoms with Gasteiger partial charge in [0.2, 0.25) is 5.91 Å². The van der Waals surface area contributed by atoms with E-state index in [1.54, 1.807) is 15.2 Å². The van der Waals surface area contributed by atoms with E-state index in [1.807, 2.05) is 49.4 Å². The van der Waals surface area contributed by atoms with Crippen LogP contribution in [0.25, 0.3) is 11.0 Å². The third-order valence-corrected chi connectivity index (χ3v) is 4.74. The normalized spacial score (nSPS) is 11.0. The SMILES string of the molecule is CCCn1c(=O)n(CCC(=O)NCc2ccccc2Cl)c2ccccc21. The van der Waals surface area contributed by atoms with Crippen molar-refractivity contribution in [2.75, 3.05) is 0 Å². The van der Waals surface area contributed by atoms with E-state index in [-0.39, 0.29) is 18.0 Å². The Bertz CT molecular complexity index is 975. The highest BCUT2D eigenvalue weighted by atomic mass is 35.5. The molecule has 0 atom stereocenters. The number of hydrogen-bond acceptors (Lipinski definition) is 2. The molecule has 26 heavy (non-hydrogen) atoms. The summed E-state index contributed by atoms with van der Waals surface area (Å²) in [6, 6.07) is 15.1. The zero-order valence-electron chi connectivity index (χ0n) is 14.7. The molecule has 0 bridgehead atoms. The maximum absolute atomic E-state index is 12.7. The van der Waals surface area contributed by atoms with Gasteiger partial charge in [-0.15, -0.1) is 0 Å². The van der Waals surface area contributed by atoms with Crippen molar-refractivity contribution in [2.24, 2.45) is 0 Å². The third kappa shape index (κ3) is 3.83. The van der Waals surface area contributed by atoms with Crippen LogP contribution in [-0.2, 0) is 24.4 Å². The largest absolute Gasteiger partial charge is 0.352 e. The first kappa shape index (κ1) is 18.3. The highest BCUT2D eigenvalue weighted by Crippen LogP contribution is 2.15. The fourth-order valence-corrected chi connectivity index (χ4v) is 3.27. The Hall–Kier alpha value is -2.53. The lowest BCUT2D eigenvalue weighted by atomic mass is 10.2. The van der Waals surface area contributed by atoms with Gasteiger partial charge in [0.25, 0.3) is 0 Å². The van der Waals surface area contributed by atoms with Gasteiger partial charge in [0.15, 0.2) is 0 Å². The van der Waals surface area contributed by atoms with Crippen molar-refractivity contribution in [1.29, 1.82) is 0 Å². The van der Waals surface area contributed by atoms with E-state index in [2.05, 4.69) is 5.32 Å². The molecule has 6 heteroatoms. The lowest BCUT2D eigenvalue weighted by molar-refractivity contribution is -0.121. The van der Waals surface area contributed by atoms with E-state index >= 15 is 0 Å². The summed E-state index contributed by atoms with van der Waals surface area (Å²) in [6.45, 7) is 3.45. The minimum atomic E-state index is -0.107. The molecule has 3 aromatic rings. The Labute approximate surface area is 157 Å². The predicted octanol–water partition coefficient (Wildman–Crippen LogP) is 3.57. The maximum Gasteiger partial charge on any atom is 0.329 e. The Morgan fingerprint density at radius 3 is 2.27 bits per heavy atom. The monoisotopic (exact) mass is 371 g/mol. The lowest BCUT2D eigenvalue weighted by Gasteiger charge is -2.07. The summed E-state index contributed by atoms with van der Waals surface area (Å²) in [5, 5.41) is 3.50. The molecule has 3 rings (SSSR count). The first-order chi connectivity index (χ1) is 12.6. The number of carbonyl (C=O) groups is 1. The molecular formula is C20H22ClN3O2. The first-order valence-corrected chi connectivity index (χ1v) is 9.17. The van der Waals surface area contributed by atoms with Crippen LogP contribution in [0.5, 0.6) is 0 Å². The summed E-state index contributed by atoms with van der Waals surface area (Å²) < 4.78 is 3.46. The third-order valence-electron chi connectivity index (χ3n) is 4.37. The standard InChI is InChI=1S/C20H22ClN3O2/c1-2-12-23-17-9-5-6-10-18(17)24(20(23)26)13-11-19(25)22-14-15-7-3-4-8-16(15)21/h3-10H,2,11-14H2,1H3,(H,22,25). The second-order valence-electron chi connectivity index (χ2n) is 6.19. The van der Waals surface area contributed by atoms with Crippen LogP contribution in [-0.4, -0.2) is 15.0 Å². The number of halogens is 1. The zero-order chi connectivity index (χ0) is 18.5. The molecule has 0 aliphatic rings. The molecule has 1 aromatic heterocycles. The molecule has 0 spiro atoms. The predicted molar refractivity (Wildman–Crippen MR) is 104 cm³/mol.